The lowest BCUT2D eigenvalue weighted by atomic mass is 10.1. The zero-order chi connectivity index (χ0) is 29.2. The molecule has 210 valence electrons. The minimum atomic E-state index is -4.84. The number of halogens is 6. The molecule has 4 rings (SSSR count). The maximum atomic E-state index is 14.6. The molecule has 0 aliphatic rings. The Labute approximate surface area is 233 Å². The minimum Gasteiger partial charge on any atom is -0.482 e. The Bertz CT molecular complexity index is 1530. The molecule has 3 aromatic carbocycles. The van der Waals surface area contributed by atoms with Crippen molar-refractivity contribution in [2.24, 2.45) is 0 Å². The highest BCUT2D eigenvalue weighted by Crippen LogP contribution is 2.45. The number of alkyl halides is 3. The zero-order valence-electron chi connectivity index (χ0n) is 21.0. The smallest absolute Gasteiger partial charge is 0.419 e. The Kier molecular flexibility index (Phi) is 8.79. The van der Waals surface area contributed by atoms with Gasteiger partial charge >= 0.3 is 12.1 Å². The van der Waals surface area contributed by atoms with Crippen molar-refractivity contribution >= 4 is 29.1 Å². The van der Waals surface area contributed by atoms with Crippen LogP contribution in [0.25, 0.3) is 10.6 Å². The second kappa shape index (κ2) is 11.9. The van der Waals surface area contributed by atoms with Gasteiger partial charge in [-0.05, 0) is 68.3 Å². The Morgan fingerprint density at radius 2 is 1.73 bits per heavy atom. The van der Waals surface area contributed by atoms with E-state index in [0.29, 0.717) is 32.8 Å². The summed E-state index contributed by atoms with van der Waals surface area (Å²) in [4.78, 5) is 16.6. The normalized spacial score (nSPS) is 12.4. The lowest BCUT2D eigenvalue weighted by molar-refractivity contribution is -0.140. The molecular formula is C28H21F6NO3S2. The minimum absolute atomic E-state index is 0.0800. The van der Waals surface area contributed by atoms with Crippen LogP contribution in [0.1, 0.15) is 32.5 Å². The van der Waals surface area contributed by atoms with Gasteiger partial charge in [0, 0.05) is 26.1 Å². The predicted octanol–water partition coefficient (Wildman–Crippen LogP) is 8.40. The van der Waals surface area contributed by atoms with Crippen LogP contribution in [0.3, 0.4) is 0 Å². The fourth-order valence-corrected chi connectivity index (χ4v) is 6.55. The second-order valence-corrected chi connectivity index (χ2v) is 11.1. The molecule has 0 saturated carbocycles. The van der Waals surface area contributed by atoms with Crippen LogP contribution in [-0.4, -0.2) is 22.7 Å². The van der Waals surface area contributed by atoms with E-state index in [1.807, 2.05) is 0 Å². The number of nitrogens with zero attached hydrogens (tertiary/aromatic N) is 1. The Balaban J connectivity index is 1.71. The molecule has 0 aliphatic heterocycles. The van der Waals surface area contributed by atoms with Crippen LogP contribution in [0.4, 0.5) is 26.3 Å². The fraction of sp³-hybridized carbons (Fsp3) is 0.214. The van der Waals surface area contributed by atoms with E-state index >= 15 is 0 Å². The number of hydrogen-bond acceptors (Lipinski definition) is 5. The Hall–Kier alpha value is -3.51. The highest BCUT2D eigenvalue weighted by atomic mass is 32.2. The number of carboxylic acids is 1. The molecule has 1 heterocycles. The number of aryl methyl sites for hydroxylation is 2. The first-order valence-corrected chi connectivity index (χ1v) is 13.4. The van der Waals surface area contributed by atoms with Gasteiger partial charge in [-0.3, -0.25) is 0 Å². The summed E-state index contributed by atoms with van der Waals surface area (Å²) in [6.07, 6.45) is -4.92. The van der Waals surface area contributed by atoms with Crippen molar-refractivity contribution in [3.8, 4) is 16.3 Å². The molecule has 1 N–H and O–H groups in total. The molecule has 0 fully saturated rings. The highest BCUT2D eigenvalue weighted by Gasteiger charge is 2.34. The van der Waals surface area contributed by atoms with E-state index in [4.69, 9.17) is 9.84 Å². The molecule has 0 saturated heterocycles. The summed E-state index contributed by atoms with van der Waals surface area (Å²) in [7, 11) is 0. The van der Waals surface area contributed by atoms with Gasteiger partial charge in [0.25, 0.3) is 0 Å². The fourth-order valence-electron chi connectivity index (χ4n) is 3.97. The molecule has 0 aliphatic carbocycles. The average Bonchev–Trinajstić information content (AvgIpc) is 3.25. The van der Waals surface area contributed by atoms with Crippen LogP contribution in [0.15, 0.2) is 59.5 Å². The lowest BCUT2D eigenvalue weighted by Gasteiger charge is -2.18. The number of aliphatic carboxylic acids is 1. The van der Waals surface area contributed by atoms with Crippen molar-refractivity contribution in [1.29, 1.82) is 0 Å². The summed E-state index contributed by atoms with van der Waals surface area (Å²) in [6, 6.07) is 11.1. The van der Waals surface area contributed by atoms with Crippen LogP contribution in [0.2, 0.25) is 0 Å². The van der Waals surface area contributed by atoms with Crippen molar-refractivity contribution in [3.63, 3.8) is 0 Å². The van der Waals surface area contributed by atoms with E-state index in [0.717, 1.165) is 35.6 Å². The van der Waals surface area contributed by atoms with Gasteiger partial charge in [-0.1, -0.05) is 12.1 Å². The van der Waals surface area contributed by atoms with E-state index in [-0.39, 0.29) is 22.6 Å². The van der Waals surface area contributed by atoms with Crippen LogP contribution >= 0.6 is 23.1 Å². The summed E-state index contributed by atoms with van der Waals surface area (Å²) in [5.74, 6) is -3.66. The van der Waals surface area contributed by atoms with Crippen LogP contribution < -0.4 is 4.74 Å². The molecule has 1 aromatic heterocycles. The molecule has 0 spiro atoms. The van der Waals surface area contributed by atoms with Gasteiger partial charge < -0.3 is 9.84 Å². The zero-order valence-corrected chi connectivity index (χ0v) is 22.6. The average molecular weight is 598 g/mol. The number of hydrogen-bond donors (Lipinski definition) is 1. The van der Waals surface area contributed by atoms with E-state index in [1.54, 1.807) is 32.0 Å². The summed E-state index contributed by atoms with van der Waals surface area (Å²) in [6.45, 7) is 2.87. The molecule has 0 radical (unpaired) electrons. The molecule has 4 aromatic rings. The first kappa shape index (κ1) is 29.5. The molecule has 0 bridgehead atoms. The third-order valence-corrected chi connectivity index (χ3v) is 8.56. The van der Waals surface area contributed by atoms with Crippen molar-refractivity contribution in [3.05, 3.63) is 99.3 Å². The van der Waals surface area contributed by atoms with Gasteiger partial charge in [0.2, 0.25) is 0 Å². The maximum absolute atomic E-state index is 14.6. The van der Waals surface area contributed by atoms with Crippen LogP contribution in [0.5, 0.6) is 5.75 Å². The van der Waals surface area contributed by atoms with Crippen molar-refractivity contribution in [2.75, 3.05) is 6.61 Å². The van der Waals surface area contributed by atoms with Crippen LogP contribution in [0, 0.1) is 31.3 Å². The van der Waals surface area contributed by atoms with Gasteiger partial charge in [0.15, 0.2) is 6.61 Å². The molecule has 1 unspecified atom stereocenters. The number of carboxylic acid groups (broad SMARTS) is 1. The number of ether oxygens (including phenoxy) is 1. The first-order valence-electron chi connectivity index (χ1n) is 11.7. The summed E-state index contributed by atoms with van der Waals surface area (Å²) < 4.78 is 87.8. The largest absolute Gasteiger partial charge is 0.482 e. The predicted molar refractivity (Wildman–Crippen MR) is 140 cm³/mol. The summed E-state index contributed by atoms with van der Waals surface area (Å²) in [5.41, 5.74) is -0.273. The van der Waals surface area contributed by atoms with Gasteiger partial charge in [-0.25, -0.2) is 22.9 Å². The third kappa shape index (κ3) is 6.79. The van der Waals surface area contributed by atoms with Gasteiger partial charge in [-0.15, -0.1) is 23.1 Å². The Morgan fingerprint density at radius 3 is 2.33 bits per heavy atom. The summed E-state index contributed by atoms with van der Waals surface area (Å²) in [5, 5.41) is 8.54. The van der Waals surface area contributed by atoms with Crippen molar-refractivity contribution in [1.82, 2.24) is 4.98 Å². The number of thioether (sulfide) groups is 1. The molecule has 40 heavy (non-hydrogen) atoms. The standard InChI is InChI=1S/C28H21F6NO3S2/c1-14-10-17(7-9-23(14)38-13-25(36)37)39-24(12-18-20(29)4-3-5-21(18)30)26-15(2)35-27(40-26)16-6-8-19(22(31)11-16)28(32,33)34/h3-11,24H,12-13H2,1-2H3,(H,36,37). The SMILES string of the molecule is Cc1cc(SC(Cc2c(F)cccc2F)c2sc(-c3ccc(C(F)(F)F)c(F)c3)nc2C)ccc1OCC(=O)O. The van der Waals surface area contributed by atoms with Gasteiger partial charge in [0.1, 0.15) is 28.2 Å². The van der Waals surface area contributed by atoms with E-state index in [2.05, 4.69) is 4.98 Å². The molecule has 1 atom stereocenters. The van der Waals surface area contributed by atoms with E-state index < -0.39 is 47.0 Å². The molecular weight excluding hydrogens is 576 g/mol. The monoisotopic (exact) mass is 597 g/mol. The van der Waals surface area contributed by atoms with E-state index in [9.17, 15) is 31.1 Å². The third-order valence-electron chi connectivity index (χ3n) is 5.87. The number of rotatable bonds is 9. The number of benzene rings is 3. The second-order valence-electron chi connectivity index (χ2n) is 8.78. The maximum Gasteiger partial charge on any atom is 0.419 e. The molecule has 4 nitrogen and oxygen atoms in total. The number of aromatic nitrogens is 1. The first-order chi connectivity index (χ1) is 18.8. The highest BCUT2D eigenvalue weighted by molar-refractivity contribution is 7.99. The van der Waals surface area contributed by atoms with Crippen molar-refractivity contribution in [2.45, 2.75) is 36.6 Å². The van der Waals surface area contributed by atoms with Crippen molar-refractivity contribution < 1.29 is 41.0 Å². The van der Waals surface area contributed by atoms with E-state index in [1.165, 1.54) is 17.8 Å². The van der Waals surface area contributed by atoms with Crippen LogP contribution in [-0.2, 0) is 17.4 Å². The van der Waals surface area contributed by atoms with Gasteiger partial charge in [-0.2, -0.15) is 13.2 Å². The summed E-state index contributed by atoms with van der Waals surface area (Å²) >= 11 is 2.37. The topological polar surface area (TPSA) is 59.4 Å². The lowest BCUT2D eigenvalue weighted by Crippen LogP contribution is -2.10. The Morgan fingerprint density at radius 1 is 1.02 bits per heavy atom. The number of thiazole rings is 1. The molecule has 0 amide bonds. The van der Waals surface area contributed by atoms with Gasteiger partial charge in [0.05, 0.1) is 11.3 Å². The number of carbonyl (C=O) groups is 1. The quantitative estimate of drug-likeness (QED) is 0.155. The molecule has 12 heteroatoms.